The van der Waals surface area contributed by atoms with Gasteiger partial charge in [-0.2, -0.15) is 0 Å². The Hall–Kier alpha value is -2.49. The Kier molecular flexibility index (Phi) is 4.03. The highest BCUT2D eigenvalue weighted by atomic mass is 16.6. The molecule has 0 aromatic heterocycles. The van der Waals surface area contributed by atoms with Gasteiger partial charge in [0.1, 0.15) is 11.5 Å². The molecule has 4 nitrogen and oxygen atoms in total. The summed E-state index contributed by atoms with van der Waals surface area (Å²) < 4.78 is 10.3. The summed E-state index contributed by atoms with van der Waals surface area (Å²) in [5.41, 5.74) is 1.63. The van der Waals surface area contributed by atoms with Crippen LogP contribution in [0.5, 0.6) is 11.5 Å². The van der Waals surface area contributed by atoms with Gasteiger partial charge in [-0.05, 0) is 30.7 Å². The number of methoxy groups -OCH3 is 1. The molecule has 2 rings (SSSR count). The van der Waals surface area contributed by atoms with E-state index in [1.54, 1.807) is 43.5 Å². The molecule has 0 saturated heterocycles. The lowest BCUT2D eigenvalue weighted by molar-refractivity contribution is 0.215. The summed E-state index contributed by atoms with van der Waals surface area (Å²) in [6.07, 6.45) is -0.530. The lowest BCUT2D eigenvalue weighted by atomic mass is 10.2. The number of carbonyl (C=O) groups excluding carboxylic acids is 1. The molecule has 2 aromatic carbocycles. The predicted molar refractivity (Wildman–Crippen MR) is 73.8 cm³/mol. The Morgan fingerprint density at radius 2 is 1.84 bits per heavy atom. The monoisotopic (exact) mass is 257 g/mol. The van der Waals surface area contributed by atoms with Crippen LogP contribution in [-0.2, 0) is 0 Å². The minimum Gasteiger partial charge on any atom is -0.496 e. The normalized spacial score (nSPS) is 9.79. The minimum atomic E-state index is -0.530. The first-order valence-electron chi connectivity index (χ1n) is 5.87. The van der Waals surface area contributed by atoms with Gasteiger partial charge in [-0.15, -0.1) is 0 Å². The summed E-state index contributed by atoms with van der Waals surface area (Å²) in [5.74, 6) is 1.22. The van der Waals surface area contributed by atoms with Crippen LogP contribution in [0.2, 0.25) is 0 Å². The second-order valence-corrected chi connectivity index (χ2v) is 4.01. The summed E-state index contributed by atoms with van der Waals surface area (Å²) in [4.78, 5) is 11.7. The first-order chi connectivity index (χ1) is 9.19. The number of carbonyl (C=O) groups is 1. The third-order valence-corrected chi connectivity index (χ3v) is 2.61. The molecule has 0 saturated carbocycles. The number of ether oxygens (including phenoxy) is 2. The Morgan fingerprint density at radius 1 is 1.11 bits per heavy atom. The van der Waals surface area contributed by atoms with Crippen molar-refractivity contribution in [3.8, 4) is 11.5 Å². The maximum Gasteiger partial charge on any atom is 0.417 e. The number of rotatable bonds is 3. The third-order valence-electron chi connectivity index (χ3n) is 2.61. The summed E-state index contributed by atoms with van der Waals surface area (Å²) >= 11 is 0. The standard InChI is InChI=1S/C15H15NO3/c1-11-8-9-12(10-14(11)18-2)16-15(17)19-13-6-4-3-5-7-13/h3-10H,1-2H3,(H,16,17). The number of benzene rings is 2. The highest BCUT2D eigenvalue weighted by Crippen LogP contribution is 2.22. The lowest BCUT2D eigenvalue weighted by Crippen LogP contribution is -2.16. The highest BCUT2D eigenvalue weighted by Gasteiger charge is 2.06. The van der Waals surface area contributed by atoms with Crippen LogP contribution in [-0.4, -0.2) is 13.2 Å². The Bertz CT molecular complexity index is 567. The van der Waals surface area contributed by atoms with Crippen molar-refractivity contribution in [2.45, 2.75) is 6.92 Å². The summed E-state index contributed by atoms with van der Waals surface area (Å²) in [6, 6.07) is 14.3. The fraction of sp³-hybridized carbons (Fsp3) is 0.133. The molecule has 0 heterocycles. The van der Waals surface area contributed by atoms with Gasteiger partial charge in [0, 0.05) is 11.8 Å². The van der Waals surface area contributed by atoms with E-state index >= 15 is 0 Å². The van der Waals surface area contributed by atoms with Crippen molar-refractivity contribution in [1.82, 2.24) is 0 Å². The van der Waals surface area contributed by atoms with Gasteiger partial charge in [-0.25, -0.2) is 4.79 Å². The Labute approximate surface area is 112 Å². The van der Waals surface area contributed by atoms with E-state index in [0.717, 1.165) is 11.3 Å². The van der Waals surface area contributed by atoms with Crippen LogP contribution in [0.4, 0.5) is 10.5 Å². The molecule has 1 amide bonds. The second-order valence-electron chi connectivity index (χ2n) is 4.01. The molecular formula is C15H15NO3. The molecule has 98 valence electrons. The fourth-order valence-corrected chi connectivity index (χ4v) is 1.64. The summed E-state index contributed by atoms with van der Waals surface area (Å²) in [7, 11) is 1.59. The van der Waals surface area contributed by atoms with Crippen LogP contribution in [0.15, 0.2) is 48.5 Å². The van der Waals surface area contributed by atoms with Crippen LogP contribution in [0.3, 0.4) is 0 Å². The van der Waals surface area contributed by atoms with E-state index in [1.165, 1.54) is 0 Å². The minimum absolute atomic E-state index is 0.499. The van der Waals surface area contributed by atoms with Crippen molar-refractivity contribution in [3.05, 3.63) is 54.1 Å². The van der Waals surface area contributed by atoms with Crippen molar-refractivity contribution >= 4 is 11.8 Å². The molecule has 0 unspecified atom stereocenters. The fourth-order valence-electron chi connectivity index (χ4n) is 1.64. The van der Waals surface area contributed by atoms with Gasteiger partial charge < -0.3 is 9.47 Å². The van der Waals surface area contributed by atoms with Crippen LogP contribution in [0, 0.1) is 6.92 Å². The number of nitrogens with one attached hydrogen (secondary N) is 1. The van der Waals surface area contributed by atoms with Crippen LogP contribution in [0.1, 0.15) is 5.56 Å². The topological polar surface area (TPSA) is 47.6 Å². The van der Waals surface area contributed by atoms with Crippen molar-refractivity contribution in [2.75, 3.05) is 12.4 Å². The SMILES string of the molecule is COc1cc(NC(=O)Oc2ccccc2)ccc1C. The predicted octanol–water partition coefficient (Wildman–Crippen LogP) is 3.61. The zero-order valence-corrected chi connectivity index (χ0v) is 10.8. The van der Waals surface area contributed by atoms with Gasteiger partial charge in [0.25, 0.3) is 0 Å². The Morgan fingerprint density at radius 3 is 2.53 bits per heavy atom. The molecule has 1 N–H and O–H groups in total. The average Bonchev–Trinajstić information content (AvgIpc) is 2.42. The van der Waals surface area contributed by atoms with E-state index in [0.29, 0.717) is 11.4 Å². The largest absolute Gasteiger partial charge is 0.496 e. The maximum absolute atomic E-state index is 11.7. The number of hydrogen-bond acceptors (Lipinski definition) is 3. The van der Waals surface area contributed by atoms with E-state index in [9.17, 15) is 4.79 Å². The van der Waals surface area contributed by atoms with Crippen LogP contribution in [0.25, 0.3) is 0 Å². The van der Waals surface area contributed by atoms with Gasteiger partial charge in [-0.1, -0.05) is 24.3 Å². The van der Waals surface area contributed by atoms with Crippen molar-refractivity contribution in [2.24, 2.45) is 0 Å². The number of amides is 1. The molecular weight excluding hydrogens is 242 g/mol. The molecule has 0 radical (unpaired) electrons. The molecule has 0 atom stereocenters. The first-order valence-corrected chi connectivity index (χ1v) is 5.87. The molecule has 2 aromatic rings. The second kappa shape index (κ2) is 5.91. The van der Waals surface area contributed by atoms with E-state index in [1.807, 2.05) is 19.1 Å². The van der Waals surface area contributed by atoms with Crippen LogP contribution < -0.4 is 14.8 Å². The molecule has 0 aliphatic rings. The number of para-hydroxylation sites is 1. The summed E-state index contributed by atoms with van der Waals surface area (Å²) in [6.45, 7) is 1.94. The molecule has 0 aliphatic heterocycles. The van der Waals surface area contributed by atoms with E-state index in [4.69, 9.17) is 9.47 Å². The van der Waals surface area contributed by atoms with Crippen LogP contribution >= 0.6 is 0 Å². The Balaban J connectivity index is 2.03. The van der Waals surface area contributed by atoms with Crippen molar-refractivity contribution < 1.29 is 14.3 Å². The molecule has 0 aliphatic carbocycles. The van der Waals surface area contributed by atoms with E-state index in [-0.39, 0.29) is 0 Å². The van der Waals surface area contributed by atoms with Gasteiger partial charge in [0.15, 0.2) is 0 Å². The molecule has 0 fully saturated rings. The number of hydrogen-bond donors (Lipinski definition) is 1. The molecule has 19 heavy (non-hydrogen) atoms. The van der Waals surface area contributed by atoms with Gasteiger partial charge in [0.05, 0.1) is 7.11 Å². The molecule has 0 bridgehead atoms. The lowest BCUT2D eigenvalue weighted by Gasteiger charge is -2.09. The van der Waals surface area contributed by atoms with Gasteiger partial charge in [0.2, 0.25) is 0 Å². The van der Waals surface area contributed by atoms with E-state index < -0.39 is 6.09 Å². The first kappa shape index (κ1) is 13.0. The van der Waals surface area contributed by atoms with Crippen molar-refractivity contribution in [1.29, 1.82) is 0 Å². The summed E-state index contributed by atoms with van der Waals surface area (Å²) in [5, 5.41) is 2.65. The zero-order chi connectivity index (χ0) is 13.7. The number of anilines is 1. The highest BCUT2D eigenvalue weighted by molar-refractivity contribution is 5.86. The number of aryl methyl sites for hydroxylation is 1. The average molecular weight is 257 g/mol. The smallest absolute Gasteiger partial charge is 0.417 e. The molecule has 0 spiro atoms. The maximum atomic E-state index is 11.7. The third kappa shape index (κ3) is 3.48. The quantitative estimate of drug-likeness (QED) is 0.913. The van der Waals surface area contributed by atoms with Gasteiger partial charge in [-0.3, -0.25) is 5.32 Å². The zero-order valence-electron chi connectivity index (χ0n) is 10.8. The molecule has 4 heteroatoms. The van der Waals surface area contributed by atoms with Crippen molar-refractivity contribution in [3.63, 3.8) is 0 Å². The van der Waals surface area contributed by atoms with Gasteiger partial charge >= 0.3 is 6.09 Å². The van der Waals surface area contributed by atoms with E-state index in [2.05, 4.69) is 5.32 Å².